The van der Waals surface area contributed by atoms with Gasteiger partial charge >= 0.3 is 5.97 Å². The van der Waals surface area contributed by atoms with Crippen LogP contribution in [0.25, 0.3) is 11.0 Å². The molecule has 1 aromatic carbocycles. The topological polar surface area (TPSA) is 92.9 Å². The van der Waals surface area contributed by atoms with Crippen molar-refractivity contribution in [2.24, 2.45) is 7.05 Å². The summed E-state index contributed by atoms with van der Waals surface area (Å²) in [5.41, 5.74) is 3.72. The normalized spacial score (nSPS) is 11.0. The standard InChI is InChI=1S/C19H23N5O2/c1-3-7-14-17-18(24(2)23-14)19(20-12-13-8-5-4-6-9-13)22-15(21-17)10-11-16(25)26/h4-6,8-9H,3,7,10-12H2,1-2H3,(H,25,26)(H,20,21,22). The van der Waals surface area contributed by atoms with E-state index >= 15 is 0 Å². The summed E-state index contributed by atoms with van der Waals surface area (Å²) in [6.45, 7) is 2.72. The third kappa shape index (κ3) is 3.99. The minimum Gasteiger partial charge on any atom is -0.481 e. The molecule has 0 saturated carbocycles. The number of carboxylic acids is 1. The number of aliphatic carboxylic acids is 1. The van der Waals surface area contributed by atoms with E-state index in [-0.39, 0.29) is 6.42 Å². The monoisotopic (exact) mass is 353 g/mol. The van der Waals surface area contributed by atoms with Gasteiger partial charge in [-0.05, 0) is 12.0 Å². The molecule has 26 heavy (non-hydrogen) atoms. The highest BCUT2D eigenvalue weighted by atomic mass is 16.4. The Morgan fingerprint density at radius 3 is 2.65 bits per heavy atom. The fraction of sp³-hybridized carbons (Fsp3) is 0.368. The molecule has 0 radical (unpaired) electrons. The molecule has 7 nitrogen and oxygen atoms in total. The molecule has 0 aliphatic rings. The van der Waals surface area contributed by atoms with Crippen LogP contribution in [0.5, 0.6) is 0 Å². The molecule has 0 bridgehead atoms. The van der Waals surface area contributed by atoms with Crippen molar-refractivity contribution in [3.05, 3.63) is 47.4 Å². The van der Waals surface area contributed by atoms with Crippen molar-refractivity contribution in [2.45, 2.75) is 39.2 Å². The lowest BCUT2D eigenvalue weighted by atomic mass is 10.2. The summed E-state index contributed by atoms with van der Waals surface area (Å²) in [4.78, 5) is 20.1. The highest BCUT2D eigenvalue weighted by Crippen LogP contribution is 2.24. The Morgan fingerprint density at radius 2 is 1.96 bits per heavy atom. The van der Waals surface area contributed by atoms with Crippen molar-refractivity contribution >= 4 is 22.8 Å². The smallest absolute Gasteiger partial charge is 0.303 e. The van der Waals surface area contributed by atoms with E-state index in [1.165, 1.54) is 0 Å². The average Bonchev–Trinajstić information content (AvgIpc) is 2.95. The molecule has 0 spiro atoms. The van der Waals surface area contributed by atoms with Crippen molar-refractivity contribution in [3.8, 4) is 0 Å². The third-order valence-electron chi connectivity index (χ3n) is 4.15. The predicted octanol–water partition coefficient (Wildman–Crippen LogP) is 2.95. The second kappa shape index (κ2) is 7.95. The van der Waals surface area contributed by atoms with Crippen LogP contribution < -0.4 is 5.32 Å². The second-order valence-electron chi connectivity index (χ2n) is 6.24. The molecule has 3 aromatic rings. The number of hydrogen-bond acceptors (Lipinski definition) is 5. The Kier molecular flexibility index (Phi) is 5.46. The van der Waals surface area contributed by atoms with Gasteiger partial charge in [0.2, 0.25) is 0 Å². The second-order valence-corrected chi connectivity index (χ2v) is 6.24. The Morgan fingerprint density at radius 1 is 1.19 bits per heavy atom. The van der Waals surface area contributed by atoms with E-state index in [4.69, 9.17) is 5.11 Å². The van der Waals surface area contributed by atoms with Crippen LogP contribution in [-0.4, -0.2) is 30.8 Å². The van der Waals surface area contributed by atoms with Crippen LogP contribution in [0.2, 0.25) is 0 Å². The van der Waals surface area contributed by atoms with E-state index in [9.17, 15) is 4.79 Å². The Bertz CT molecular complexity index is 905. The Hall–Kier alpha value is -2.96. The summed E-state index contributed by atoms with van der Waals surface area (Å²) < 4.78 is 1.80. The van der Waals surface area contributed by atoms with E-state index < -0.39 is 5.97 Å². The van der Waals surface area contributed by atoms with Crippen LogP contribution in [0.3, 0.4) is 0 Å². The first-order chi connectivity index (χ1) is 12.6. The number of aryl methyl sites for hydroxylation is 3. The van der Waals surface area contributed by atoms with Gasteiger partial charge < -0.3 is 10.4 Å². The van der Waals surface area contributed by atoms with Gasteiger partial charge in [-0.25, -0.2) is 9.97 Å². The summed E-state index contributed by atoms with van der Waals surface area (Å²) in [6, 6.07) is 10.1. The molecule has 0 amide bonds. The number of fused-ring (bicyclic) bond motifs is 1. The van der Waals surface area contributed by atoms with Crippen LogP contribution in [-0.2, 0) is 31.2 Å². The van der Waals surface area contributed by atoms with E-state index in [0.29, 0.717) is 24.6 Å². The Balaban J connectivity index is 1.98. The third-order valence-corrected chi connectivity index (χ3v) is 4.15. The summed E-state index contributed by atoms with van der Waals surface area (Å²) in [5.74, 6) is 0.366. The number of aromatic nitrogens is 4. The van der Waals surface area contributed by atoms with E-state index in [0.717, 1.165) is 35.1 Å². The van der Waals surface area contributed by atoms with Crippen molar-refractivity contribution in [1.82, 2.24) is 19.7 Å². The van der Waals surface area contributed by atoms with Gasteiger partial charge in [-0.15, -0.1) is 0 Å². The molecule has 7 heteroatoms. The fourth-order valence-electron chi connectivity index (χ4n) is 2.93. The Labute approximate surface area is 152 Å². The van der Waals surface area contributed by atoms with Crippen molar-refractivity contribution in [2.75, 3.05) is 5.32 Å². The summed E-state index contributed by atoms with van der Waals surface area (Å²) in [7, 11) is 1.88. The number of nitrogens with one attached hydrogen (secondary N) is 1. The van der Waals surface area contributed by atoms with Crippen LogP contribution in [0.4, 0.5) is 5.82 Å². The maximum absolute atomic E-state index is 10.9. The van der Waals surface area contributed by atoms with Gasteiger partial charge in [-0.3, -0.25) is 9.48 Å². The van der Waals surface area contributed by atoms with Gasteiger partial charge in [0, 0.05) is 20.0 Å². The van der Waals surface area contributed by atoms with Gasteiger partial charge in [0.25, 0.3) is 0 Å². The lowest BCUT2D eigenvalue weighted by Crippen LogP contribution is -2.08. The zero-order valence-electron chi connectivity index (χ0n) is 15.1. The van der Waals surface area contributed by atoms with E-state index in [1.807, 2.05) is 37.4 Å². The van der Waals surface area contributed by atoms with E-state index in [2.05, 4.69) is 27.3 Å². The summed E-state index contributed by atoms with van der Waals surface area (Å²) >= 11 is 0. The van der Waals surface area contributed by atoms with Gasteiger partial charge in [0.05, 0.1) is 12.1 Å². The zero-order valence-corrected chi connectivity index (χ0v) is 15.1. The first kappa shape index (κ1) is 17.8. The number of hydrogen-bond donors (Lipinski definition) is 2. The molecule has 2 aromatic heterocycles. The number of carbonyl (C=O) groups is 1. The highest BCUT2D eigenvalue weighted by molar-refractivity contribution is 5.87. The quantitative estimate of drug-likeness (QED) is 0.647. The molecular weight excluding hydrogens is 330 g/mol. The first-order valence-corrected chi connectivity index (χ1v) is 8.80. The summed E-state index contributed by atoms with van der Waals surface area (Å²) in [6.07, 6.45) is 2.09. The lowest BCUT2D eigenvalue weighted by Gasteiger charge is -2.10. The summed E-state index contributed by atoms with van der Waals surface area (Å²) in [5, 5.41) is 16.9. The molecule has 0 unspecified atom stereocenters. The molecular formula is C19H23N5O2. The molecule has 0 saturated heterocycles. The number of benzene rings is 1. The van der Waals surface area contributed by atoms with Crippen LogP contribution >= 0.6 is 0 Å². The molecule has 0 aliphatic carbocycles. The number of nitrogens with zero attached hydrogens (tertiary/aromatic N) is 4. The molecule has 2 N–H and O–H groups in total. The van der Waals surface area contributed by atoms with Gasteiger partial charge in [-0.1, -0.05) is 43.7 Å². The fourth-order valence-corrected chi connectivity index (χ4v) is 2.93. The van der Waals surface area contributed by atoms with Crippen LogP contribution in [0.1, 0.15) is 36.8 Å². The number of rotatable bonds is 8. The molecule has 0 fully saturated rings. The highest BCUT2D eigenvalue weighted by Gasteiger charge is 2.17. The molecule has 2 heterocycles. The van der Waals surface area contributed by atoms with Gasteiger partial charge in [0.15, 0.2) is 5.82 Å². The molecule has 136 valence electrons. The predicted molar refractivity (Wildman–Crippen MR) is 100 cm³/mol. The lowest BCUT2D eigenvalue weighted by molar-refractivity contribution is -0.137. The number of carboxylic acid groups (broad SMARTS) is 1. The van der Waals surface area contributed by atoms with Crippen molar-refractivity contribution < 1.29 is 9.90 Å². The molecule has 0 atom stereocenters. The van der Waals surface area contributed by atoms with Crippen LogP contribution in [0.15, 0.2) is 30.3 Å². The average molecular weight is 353 g/mol. The minimum atomic E-state index is -0.854. The maximum atomic E-state index is 10.9. The molecule has 3 rings (SSSR count). The largest absolute Gasteiger partial charge is 0.481 e. The maximum Gasteiger partial charge on any atom is 0.303 e. The minimum absolute atomic E-state index is 0.00695. The molecule has 0 aliphatic heterocycles. The van der Waals surface area contributed by atoms with Gasteiger partial charge in [-0.2, -0.15) is 5.10 Å². The van der Waals surface area contributed by atoms with Gasteiger partial charge in [0.1, 0.15) is 16.9 Å². The van der Waals surface area contributed by atoms with E-state index in [1.54, 1.807) is 4.68 Å². The zero-order chi connectivity index (χ0) is 18.5. The van der Waals surface area contributed by atoms with Crippen molar-refractivity contribution in [1.29, 1.82) is 0 Å². The SMILES string of the molecule is CCCc1nn(C)c2c(NCc3ccccc3)nc(CCC(=O)O)nc12. The first-order valence-electron chi connectivity index (χ1n) is 8.80. The van der Waals surface area contributed by atoms with Crippen molar-refractivity contribution in [3.63, 3.8) is 0 Å². The van der Waals surface area contributed by atoms with Crippen LogP contribution in [0, 0.1) is 0 Å². The number of anilines is 1.